The van der Waals surface area contributed by atoms with Gasteiger partial charge in [-0.1, -0.05) is 75.2 Å². The van der Waals surface area contributed by atoms with E-state index in [2.05, 4.69) is 26.1 Å². The molecule has 1 atom stereocenters. The minimum Gasteiger partial charge on any atom is -0.483 e. The van der Waals surface area contributed by atoms with Gasteiger partial charge in [0.25, 0.3) is 5.91 Å². The van der Waals surface area contributed by atoms with Gasteiger partial charge >= 0.3 is 0 Å². The van der Waals surface area contributed by atoms with E-state index in [4.69, 9.17) is 27.9 Å². The molecule has 2 amide bonds. The number of benzene rings is 2. The Hall–Kier alpha value is -2.24. The van der Waals surface area contributed by atoms with Crippen LogP contribution in [0.3, 0.4) is 0 Å². The Bertz CT molecular complexity index is 941. The van der Waals surface area contributed by atoms with E-state index in [1.807, 2.05) is 38.1 Å². The van der Waals surface area contributed by atoms with E-state index in [9.17, 15) is 9.59 Å². The van der Waals surface area contributed by atoms with Crippen molar-refractivity contribution < 1.29 is 14.3 Å². The molecule has 174 valence electrons. The van der Waals surface area contributed by atoms with Crippen LogP contribution in [0.15, 0.2) is 42.5 Å². The zero-order valence-corrected chi connectivity index (χ0v) is 20.9. The third-order valence-electron chi connectivity index (χ3n) is 5.12. The van der Waals surface area contributed by atoms with Crippen LogP contribution in [0.2, 0.25) is 10.0 Å². The van der Waals surface area contributed by atoms with Gasteiger partial charge in [0, 0.05) is 13.1 Å². The fourth-order valence-electron chi connectivity index (χ4n) is 3.48. The molecule has 1 N–H and O–H groups in total. The van der Waals surface area contributed by atoms with Crippen molar-refractivity contribution in [3.8, 4) is 5.75 Å². The van der Waals surface area contributed by atoms with Crippen LogP contribution in [0.4, 0.5) is 0 Å². The van der Waals surface area contributed by atoms with E-state index < -0.39 is 6.04 Å². The summed E-state index contributed by atoms with van der Waals surface area (Å²) in [6, 6.07) is 12.3. The molecule has 2 aromatic carbocycles. The number of rotatable bonds is 9. The lowest BCUT2D eigenvalue weighted by molar-refractivity contribution is -0.142. The van der Waals surface area contributed by atoms with Gasteiger partial charge in [-0.25, -0.2) is 0 Å². The first-order valence-corrected chi connectivity index (χ1v) is 11.6. The largest absolute Gasteiger partial charge is 0.483 e. The molecule has 0 radical (unpaired) electrons. The number of nitrogens with zero attached hydrogens (tertiary/aromatic N) is 1. The second-order valence-electron chi connectivity index (χ2n) is 8.62. The maximum Gasteiger partial charge on any atom is 0.261 e. The first-order valence-electron chi connectivity index (χ1n) is 10.8. The summed E-state index contributed by atoms with van der Waals surface area (Å²) in [7, 11) is 0. The van der Waals surface area contributed by atoms with Gasteiger partial charge < -0.3 is 15.0 Å². The Labute approximate surface area is 201 Å². The summed E-state index contributed by atoms with van der Waals surface area (Å²) in [5.74, 6) is 0.185. The number of likely N-dealkylation sites (N-methyl/N-ethyl adjacent to an activating group) is 1. The zero-order chi connectivity index (χ0) is 23.9. The average Bonchev–Trinajstić information content (AvgIpc) is 2.74. The molecule has 0 bridgehead atoms. The molecule has 32 heavy (non-hydrogen) atoms. The van der Waals surface area contributed by atoms with Gasteiger partial charge in [0.05, 0.1) is 10.0 Å². The van der Waals surface area contributed by atoms with Crippen LogP contribution in [0.25, 0.3) is 0 Å². The number of ether oxygens (including phenoxy) is 1. The molecule has 0 unspecified atom stereocenters. The summed E-state index contributed by atoms with van der Waals surface area (Å²) in [6.07, 6.45) is 0.470. The summed E-state index contributed by atoms with van der Waals surface area (Å²) in [5.41, 5.74) is 1.66. The van der Waals surface area contributed by atoms with E-state index >= 15 is 0 Å². The molecule has 0 aliphatic carbocycles. The summed E-state index contributed by atoms with van der Waals surface area (Å²) >= 11 is 12.2. The molecule has 0 aliphatic heterocycles. The number of carbonyl (C=O) groups excluding carboxylic acids is 2. The molecule has 0 aliphatic rings. The Balaban J connectivity index is 2.29. The number of halogens is 2. The second kappa shape index (κ2) is 11.6. The van der Waals surface area contributed by atoms with Crippen LogP contribution < -0.4 is 10.1 Å². The molecule has 0 saturated heterocycles. The fraction of sp³-hybridized carbons (Fsp3) is 0.440. The Morgan fingerprint density at radius 2 is 1.75 bits per heavy atom. The first-order chi connectivity index (χ1) is 15.1. The van der Waals surface area contributed by atoms with Crippen LogP contribution in [0.5, 0.6) is 5.75 Å². The lowest BCUT2D eigenvalue weighted by Gasteiger charge is -2.31. The van der Waals surface area contributed by atoms with Crippen molar-refractivity contribution in [1.82, 2.24) is 10.2 Å². The smallest absolute Gasteiger partial charge is 0.261 e. The lowest BCUT2D eigenvalue weighted by atomic mass is 9.86. The zero-order valence-electron chi connectivity index (χ0n) is 19.4. The average molecular weight is 479 g/mol. The molecule has 0 spiro atoms. The molecule has 0 saturated carbocycles. The normalized spacial score (nSPS) is 12.2. The fourth-order valence-corrected chi connectivity index (χ4v) is 3.80. The molecule has 0 heterocycles. The van der Waals surface area contributed by atoms with Crippen molar-refractivity contribution in [3.05, 3.63) is 63.6 Å². The maximum absolute atomic E-state index is 13.3. The van der Waals surface area contributed by atoms with Gasteiger partial charge in [0.2, 0.25) is 5.91 Å². The quantitative estimate of drug-likeness (QED) is 0.509. The summed E-state index contributed by atoms with van der Waals surface area (Å²) in [6.45, 7) is 10.5. The number of nitrogens with one attached hydrogen (secondary N) is 1. The summed E-state index contributed by atoms with van der Waals surface area (Å²) in [4.78, 5) is 27.5. The highest BCUT2D eigenvalue weighted by Crippen LogP contribution is 2.31. The van der Waals surface area contributed by atoms with Gasteiger partial charge in [0.1, 0.15) is 11.8 Å². The van der Waals surface area contributed by atoms with Crippen LogP contribution >= 0.6 is 23.2 Å². The lowest BCUT2D eigenvalue weighted by Crippen LogP contribution is -2.50. The van der Waals surface area contributed by atoms with Crippen LogP contribution in [-0.4, -0.2) is 35.9 Å². The van der Waals surface area contributed by atoms with Gasteiger partial charge in [0.15, 0.2) is 6.61 Å². The minimum absolute atomic E-state index is 0.133. The monoisotopic (exact) mass is 478 g/mol. The Kier molecular flexibility index (Phi) is 9.41. The van der Waals surface area contributed by atoms with Crippen molar-refractivity contribution in [2.45, 2.75) is 59.0 Å². The highest BCUT2D eigenvalue weighted by molar-refractivity contribution is 6.42. The van der Waals surface area contributed by atoms with Crippen LogP contribution in [0.1, 0.15) is 52.2 Å². The van der Waals surface area contributed by atoms with Crippen molar-refractivity contribution in [2.75, 3.05) is 13.2 Å². The van der Waals surface area contributed by atoms with Crippen molar-refractivity contribution >= 4 is 35.0 Å². The molecule has 2 aromatic rings. The SMILES string of the molecule is CCNC(=O)[C@H](CC)N(Cc1ccc(Cl)c(Cl)c1)C(=O)COc1ccccc1C(C)(C)C. The van der Waals surface area contributed by atoms with Crippen LogP contribution in [0, 0.1) is 0 Å². The predicted octanol–water partition coefficient (Wildman–Crippen LogP) is 5.61. The molecular weight excluding hydrogens is 447 g/mol. The topological polar surface area (TPSA) is 58.6 Å². The first kappa shape index (κ1) is 26.0. The molecule has 7 heteroatoms. The van der Waals surface area contributed by atoms with E-state index in [0.717, 1.165) is 11.1 Å². The summed E-state index contributed by atoms with van der Waals surface area (Å²) < 4.78 is 5.95. The third-order valence-corrected chi connectivity index (χ3v) is 5.86. The van der Waals surface area contributed by atoms with E-state index in [-0.39, 0.29) is 30.4 Å². The number of amides is 2. The van der Waals surface area contributed by atoms with Crippen molar-refractivity contribution in [2.24, 2.45) is 0 Å². The maximum atomic E-state index is 13.3. The van der Waals surface area contributed by atoms with Gasteiger partial charge in [-0.3, -0.25) is 9.59 Å². The van der Waals surface area contributed by atoms with Crippen molar-refractivity contribution in [3.63, 3.8) is 0 Å². The van der Waals surface area contributed by atoms with Gasteiger partial charge in [-0.2, -0.15) is 0 Å². The van der Waals surface area contributed by atoms with Gasteiger partial charge in [-0.05, 0) is 48.1 Å². The number of para-hydroxylation sites is 1. The number of hydrogen-bond donors (Lipinski definition) is 1. The number of carbonyl (C=O) groups is 2. The third kappa shape index (κ3) is 6.88. The molecule has 2 rings (SSSR count). The number of hydrogen-bond acceptors (Lipinski definition) is 3. The standard InChI is InChI=1S/C25H32Cl2N2O3/c1-6-21(24(31)28-7-2)29(15-17-12-13-19(26)20(27)14-17)23(30)16-32-22-11-9-8-10-18(22)25(3,4)5/h8-14,21H,6-7,15-16H2,1-5H3,(H,28,31)/t21-/m0/s1. The predicted molar refractivity (Wildman–Crippen MR) is 130 cm³/mol. The molecule has 0 aromatic heterocycles. The highest BCUT2D eigenvalue weighted by atomic mass is 35.5. The van der Waals surface area contributed by atoms with Crippen molar-refractivity contribution in [1.29, 1.82) is 0 Å². The van der Waals surface area contributed by atoms with E-state index in [1.54, 1.807) is 23.1 Å². The summed E-state index contributed by atoms with van der Waals surface area (Å²) in [5, 5.41) is 3.66. The Morgan fingerprint density at radius 1 is 1.06 bits per heavy atom. The van der Waals surface area contributed by atoms with Gasteiger partial charge in [-0.15, -0.1) is 0 Å². The van der Waals surface area contributed by atoms with Crippen LogP contribution in [-0.2, 0) is 21.5 Å². The molecular formula is C25H32Cl2N2O3. The van der Waals surface area contributed by atoms with E-state index in [1.165, 1.54) is 0 Å². The second-order valence-corrected chi connectivity index (χ2v) is 9.44. The highest BCUT2D eigenvalue weighted by Gasteiger charge is 2.29. The molecule has 0 fully saturated rings. The molecule has 5 nitrogen and oxygen atoms in total. The minimum atomic E-state index is -0.627. The Morgan fingerprint density at radius 3 is 2.34 bits per heavy atom. The van der Waals surface area contributed by atoms with E-state index in [0.29, 0.717) is 28.8 Å².